The summed E-state index contributed by atoms with van der Waals surface area (Å²) in [6, 6.07) is 42.3. The van der Waals surface area contributed by atoms with E-state index < -0.39 is 0 Å². The summed E-state index contributed by atoms with van der Waals surface area (Å²) in [5.41, 5.74) is 12.7. The van der Waals surface area contributed by atoms with E-state index >= 15 is 0 Å². The van der Waals surface area contributed by atoms with E-state index in [-0.39, 0.29) is 0 Å². The normalized spacial score (nSPS) is 12.7. The van der Waals surface area contributed by atoms with Crippen molar-refractivity contribution in [3.63, 3.8) is 0 Å². The Morgan fingerprint density at radius 1 is 0.478 bits per heavy atom. The van der Waals surface area contributed by atoms with Crippen LogP contribution in [-0.2, 0) is 0 Å². The van der Waals surface area contributed by atoms with E-state index in [0.29, 0.717) is 5.82 Å². The van der Waals surface area contributed by atoms with E-state index in [0.717, 1.165) is 79.6 Å². The first kappa shape index (κ1) is 27.5. The molecular weight excluding hydrogens is 560 g/mol. The zero-order valence-corrected chi connectivity index (χ0v) is 25.2. The van der Waals surface area contributed by atoms with Gasteiger partial charge in [-0.05, 0) is 106 Å². The molecule has 1 aliphatic carbocycles. The molecule has 0 N–H and O–H groups in total. The Hall–Kier alpha value is -6.00. The predicted octanol–water partition coefficient (Wildman–Crippen LogP) is 10.5. The average Bonchev–Trinajstić information content (AvgIpc) is 3.15. The summed E-state index contributed by atoms with van der Waals surface area (Å²) in [4.78, 5) is 19.3. The predicted molar refractivity (Wildman–Crippen MR) is 189 cm³/mol. The topological polar surface area (TPSA) is 51.6 Å². The lowest BCUT2D eigenvalue weighted by Crippen LogP contribution is -1.99. The second kappa shape index (κ2) is 12.2. The molecule has 0 amide bonds. The molecule has 218 valence electrons. The van der Waals surface area contributed by atoms with Gasteiger partial charge in [-0.1, -0.05) is 85.0 Å². The van der Waals surface area contributed by atoms with Crippen molar-refractivity contribution in [3.05, 3.63) is 164 Å². The van der Waals surface area contributed by atoms with Gasteiger partial charge in [-0.15, -0.1) is 0 Å². The molecule has 4 aromatic carbocycles. The third kappa shape index (κ3) is 5.53. The lowest BCUT2D eigenvalue weighted by molar-refractivity contribution is 1.04. The van der Waals surface area contributed by atoms with Gasteiger partial charge in [-0.25, -0.2) is 9.97 Å². The van der Waals surface area contributed by atoms with Crippen LogP contribution in [-0.4, -0.2) is 19.9 Å². The van der Waals surface area contributed by atoms with Gasteiger partial charge in [-0.3, -0.25) is 9.97 Å². The van der Waals surface area contributed by atoms with Gasteiger partial charge in [-0.2, -0.15) is 0 Å². The Bertz CT molecular complexity index is 2220. The van der Waals surface area contributed by atoms with Gasteiger partial charge in [0.2, 0.25) is 0 Å². The zero-order chi connectivity index (χ0) is 30.7. The van der Waals surface area contributed by atoms with E-state index in [1.54, 1.807) is 0 Å². The van der Waals surface area contributed by atoms with Crippen molar-refractivity contribution in [1.82, 2.24) is 19.9 Å². The third-order valence-electron chi connectivity index (χ3n) is 8.46. The first-order valence-electron chi connectivity index (χ1n) is 15.6. The standard InChI is InChI=1S/C42H30N4/c1-3-9-29(10-4-1)34-18-19-38-40(28-34)45-42(46-41(38)33-11-5-2-6-12-33)37-26-35(25-36(27-37)31-20-23-43-24-21-31)30-14-16-32(17-15-30)39-13-7-8-22-44-39/h1,3-5,7-28H,2,6H2. The van der Waals surface area contributed by atoms with Crippen LogP contribution in [0.2, 0.25) is 0 Å². The maximum Gasteiger partial charge on any atom is 0.160 e. The number of hydrogen-bond acceptors (Lipinski definition) is 4. The molecule has 8 rings (SSSR count). The van der Waals surface area contributed by atoms with Gasteiger partial charge < -0.3 is 0 Å². The third-order valence-corrected chi connectivity index (χ3v) is 8.46. The van der Waals surface area contributed by atoms with Crippen molar-refractivity contribution in [2.45, 2.75) is 12.8 Å². The van der Waals surface area contributed by atoms with Gasteiger partial charge in [0, 0.05) is 35.1 Å². The van der Waals surface area contributed by atoms with Crippen LogP contribution >= 0.6 is 0 Å². The molecule has 0 fully saturated rings. The minimum atomic E-state index is 0.704. The average molecular weight is 591 g/mol. The number of aromatic nitrogens is 4. The lowest BCUT2D eigenvalue weighted by Gasteiger charge is -2.15. The first-order chi connectivity index (χ1) is 22.8. The fourth-order valence-corrected chi connectivity index (χ4v) is 6.08. The monoisotopic (exact) mass is 590 g/mol. The number of rotatable bonds is 6. The number of allylic oxidation sites excluding steroid dienone is 4. The second-order valence-corrected chi connectivity index (χ2v) is 11.5. The van der Waals surface area contributed by atoms with Crippen LogP contribution in [0.5, 0.6) is 0 Å². The SMILES string of the molecule is C1=CC(c2nc(-c3cc(-c4ccncc4)cc(-c4ccc(-c5ccccn5)cc4)c3)nc3cc(-c4ccccc4)ccc23)=CCC1. The molecule has 0 atom stereocenters. The van der Waals surface area contributed by atoms with Gasteiger partial charge in [0.25, 0.3) is 0 Å². The van der Waals surface area contributed by atoms with Gasteiger partial charge >= 0.3 is 0 Å². The summed E-state index contributed by atoms with van der Waals surface area (Å²) in [6.07, 6.45) is 14.3. The van der Waals surface area contributed by atoms with Crippen molar-refractivity contribution < 1.29 is 0 Å². The van der Waals surface area contributed by atoms with Crippen molar-refractivity contribution in [2.75, 3.05) is 0 Å². The highest BCUT2D eigenvalue weighted by atomic mass is 14.9. The highest BCUT2D eigenvalue weighted by Gasteiger charge is 2.16. The summed E-state index contributed by atoms with van der Waals surface area (Å²) >= 11 is 0. The van der Waals surface area contributed by atoms with Crippen LogP contribution in [0.3, 0.4) is 0 Å². The Morgan fingerprint density at radius 2 is 1.17 bits per heavy atom. The van der Waals surface area contributed by atoms with Crippen LogP contribution in [0.15, 0.2) is 158 Å². The van der Waals surface area contributed by atoms with E-state index in [2.05, 4.69) is 113 Å². The van der Waals surface area contributed by atoms with Crippen LogP contribution in [0.25, 0.3) is 72.5 Å². The number of nitrogens with zero attached hydrogens (tertiary/aromatic N) is 4. The van der Waals surface area contributed by atoms with E-state index in [4.69, 9.17) is 9.97 Å². The van der Waals surface area contributed by atoms with Gasteiger partial charge in [0.05, 0.1) is 16.9 Å². The lowest BCUT2D eigenvalue weighted by atomic mass is 9.94. The molecule has 0 spiro atoms. The van der Waals surface area contributed by atoms with Crippen molar-refractivity contribution in [2.24, 2.45) is 0 Å². The Morgan fingerprint density at radius 3 is 1.91 bits per heavy atom. The van der Waals surface area contributed by atoms with Gasteiger partial charge in [0.15, 0.2) is 5.82 Å². The molecule has 0 aliphatic heterocycles. The molecule has 4 nitrogen and oxygen atoms in total. The molecule has 0 unspecified atom stereocenters. The first-order valence-corrected chi connectivity index (χ1v) is 15.6. The smallest absolute Gasteiger partial charge is 0.160 e. The van der Waals surface area contributed by atoms with Crippen LogP contribution in [0.4, 0.5) is 0 Å². The minimum Gasteiger partial charge on any atom is -0.265 e. The molecule has 3 heterocycles. The zero-order valence-electron chi connectivity index (χ0n) is 25.2. The second-order valence-electron chi connectivity index (χ2n) is 11.5. The van der Waals surface area contributed by atoms with Crippen molar-refractivity contribution in [1.29, 1.82) is 0 Å². The molecule has 4 heteroatoms. The van der Waals surface area contributed by atoms with Crippen molar-refractivity contribution >= 4 is 16.5 Å². The number of hydrogen-bond donors (Lipinski definition) is 0. The molecule has 1 aliphatic rings. The fourth-order valence-electron chi connectivity index (χ4n) is 6.08. The van der Waals surface area contributed by atoms with Crippen molar-refractivity contribution in [3.8, 4) is 56.0 Å². The van der Waals surface area contributed by atoms with Gasteiger partial charge in [0.1, 0.15) is 0 Å². The molecule has 0 bridgehead atoms. The van der Waals surface area contributed by atoms with E-state index in [9.17, 15) is 0 Å². The number of benzene rings is 4. The highest BCUT2D eigenvalue weighted by Crippen LogP contribution is 2.36. The molecular formula is C42H30N4. The summed E-state index contributed by atoms with van der Waals surface area (Å²) in [6.45, 7) is 0. The van der Waals surface area contributed by atoms with Crippen LogP contribution < -0.4 is 0 Å². The maximum atomic E-state index is 5.27. The Labute approximate surface area is 268 Å². The Kier molecular flexibility index (Phi) is 7.29. The minimum absolute atomic E-state index is 0.704. The molecule has 0 radical (unpaired) electrons. The summed E-state index contributed by atoms with van der Waals surface area (Å²) in [5, 5.41) is 1.05. The van der Waals surface area contributed by atoms with E-state index in [1.807, 2.05) is 55.0 Å². The largest absolute Gasteiger partial charge is 0.265 e. The molecule has 46 heavy (non-hydrogen) atoms. The highest BCUT2D eigenvalue weighted by molar-refractivity contribution is 5.96. The van der Waals surface area contributed by atoms with E-state index in [1.165, 1.54) is 5.56 Å². The Balaban J connectivity index is 1.31. The number of fused-ring (bicyclic) bond motifs is 1. The molecule has 0 saturated heterocycles. The molecule has 3 aromatic heterocycles. The molecule has 0 saturated carbocycles. The molecule has 7 aromatic rings. The maximum absolute atomic E-state index is 5.27. The summed E-state index contributed by atoms with van der Waals surface area (Å²) in [5.74, 6) is 0.704. The fraction of sp³-hybridized carbons (Fsp3) is 0.0476. The number of pyridine rings is 2. The summed E-state index contributed by atoms with van der Waals surface area (Å²) < 4.78 is 0. The van der Waals surface area contributed by atoms with Crippen LogP contribution in [0, 0.1) is 0 Å². The van der Waals surface area contributed by atoms with Crippen LogP contribution in [0.1, 0.15) is 18.5 Å². The summed E-state index contributed by atoms with van der Waals surface area (Å²) in [7, 11) is 0. The quantitative estimate of drug-likeness (QED) is 0.193.